The lowest BCUT2D eigenvalue weighted by Gasteiger charge is -2.28. The second-order valence-corrected chi connectivity index (χ2v) is 9.67. The molecule has 2 amide bonds. The molecule has 0 unspecified atom stereocenters. The van der Waals surface area contributed by atoms with Crippen LogP contribution in [0.4, 0.5) is 0 Å². The van der Waals surface area contributed by atoms with Gasteiger partial charge in [-0.1, -0.05) is 40.0 Å². The number of hydrogen-bond acceptors (Lipinski definition) is 4. The zero-order valence-electron chi connectivity index (χ0n) is 17.6. The zero-order valence-corrected chi connectivity index (χ0v) is 17.6. The summed E-state index contributed by atoms with van der Waals surface area (Å²) >= 11 is 0. The minimum Gasteiger partial charge on any atom is -0.356 e. The topological polar surface area (TPSA) is 99.1 Å². The fourth-order valence-corrected chi connectivity index (χ4v) is 4.42. The van der Waals surface area contributed by atoms with E-state index in [9.17, 15) is 19.6 Å². The molecule has 6 heteroatoms. The molecule has 0 radical (unpaired) electrons. The third kappa shape index (κ3) is 6.92. The van der Waals surface area contributed by atoms with Gasteiger partial charge in [0.1, 0.15) is 11.8 Å². The van der Waals surface area contributed by atoms with Crippen LogP contribution in [0.5, 0.6) is 0 Å². The Morgan fingerprint density at radius 3 is 2.43 bits per heavy atom. The molecule has 1 saturated carbocycles. The number of carbonyl (C=O) groups excluding carboxylic acids is 3. The molecule has 6 nitrogen and oxygen atoms in total. The summed E-state index contributed by atoms with van der Waals surface area (Å²) in [5.41, 5.74) is -0.0949. The van der Waals surface area contributed by atoms with Crippen molar-refractivity contribution in [2.45, 2.75) is 84.6 Å². The van der Waals surface area contributed by atoms with Crippen LogP contribution in [0, 0.1) is 34.5 Å². The molecule has 0 spiro atoms. The first-order valence-corrected chi connectivity index (χ1v) is 10.7. The summed E-state index contributed by atoms with van der Waals surface area (Å²) in [4.78, 5) is 37.5. The standard InChI is InChI=1S/C22H35N3O3/c1-22(2,3)13-17(12-19(26)15-7-5-4-6-8-15)21(28)25-18(14-23)11-16-9-10-24-20(16)27/h15-18H,4-13H2,1-3H3,(H,24,27)(H,25,28)/t16-,17-,18+/m0/s1. The highest BCUT2D eigenvalue weighted by molar-refractivity contribution is 5.88. The average molecular weight is 390 g/mol. The van der Waals surface area contributed by atoms with Gasteiger partial charge in [0, 0.05) is 30.7 Å². The Kier molecular flexibility index (Phi) is 8.03. The molecule has 3 atom stereocenters. The van der Waals surface area contributed by atoms with Crippen LogP contribution in [-0.4, -0.2) is 30.2 Å². The van der Waals surface area contributed by atoms with Crippen molar-refractivity contribution in [1.82, 2.24) is 10.6 Å². The summed E-state index contributed by atoms with van der Waals surface area (Å²) in [5, 5.41) is 15.0. The molecule has 1 saturated heterocycles. The van der Waals surface area contributed by atoms with Crippen LogP contribution < -0.4 is 10.6 Å². The van der Waals surface area contributed by atoms with Crippen LogP contribution >= 0.6 is 0 Å². The van der Waals surface area contributed by atoms with E-state index >= 15 is 0 Å². The van der Waals surface area contributed by atoms with Gasteiger partial charge in [0.15, 0.2) is 0 Å². The highest BCUT2D eigenvalue weighted by Crippen LogP contribution is 2.31. The van der Waals surface area contributed by atoms with Gasteiger partial charge in [0.2, 0.25) is 11.8 Å². The van der Waals surface area contributed by atoms with E-state index in [-0.39, 0.29) is 41.3 Å². The van der Waals surface area contributed by atoms with E-state index in [1.54, 1.807) is 0 Å². The van der Waals surface area contributed by atoms with Crippen molar-refractivity contribution < 1.29 is 14.4 Å². The molecule has 1 aliphatic carbocycles. The maximum atomic E-state index is 12.9. The normalized spacial score (nSPS) is 22.8. The molecule has 0 aromatic rings. The number of nitriles is 1. The van der Waals surface area contributed by atoms with Gasteiger partial charge in [-0.3, -0.25) is 14.4 Å². The summed E-state index contributed by atoms with van der Waals surface area (Å²) in [6.45, 7) is 6.80. The molecule has 28 heavy (non-hydrogen) atoms. The third-order valence-corrected chi connectivity index (χ3v) is 5.89. The summed E-state index contributed by atoms with van der Waals surface area (Å²) in [7, 11) is 0. The van der Waals surface area contributed by atoms with E-state index in [1.165, 1.54) is 6.42 Å². The first kappa shape index (κ1) is 22.4. The summed E-state index contributed by atoms with van der Waals surface area (Å²) in [5.74, 6) is -0.666. The Morgan fingerprint density at radius 1 is 1.21 bits per heavy atom. The highest BCUT2D eigenvalue weighted by Gasteiger charge is 2.33. The van der Waals surface area contributed by atoms with Crippen molar-refractivity contribution >= 4 is 17.6 Å². The predicted molar refractivity (Wildman–Crippen MR) is 107 cm³/mol. The first-order chi connectivity index (χ1) is 13.2. The number of nitrogens with zero attached hydrogens (tertiary/aromatic N) is 1. The first-order valence-electron chi connectivity index (χ1n) is 10.7. The lowest BCUT2D eigenvalue weighted by atomic mass is 9.78. The van der Waals surface area contributed by atoms with Crippen LogP contribution in [0.1, 0.15) is 78.6 Å². The molecule has 2 N–H and O–H groups in total. The third-order valence-electron chi connectivity index (χ3n) is 5.89. The maximum absolute atomic E-state index is 12.9. The smallest absolute Gasteiger partial charge is 0.224 e. The van der Waals surface area contributed by atoms with Gasteiger partial charge in [-0.2, -0.15) is 5.26 Å². The quantitative estimate of drug-likeness (QED) is 0.666. The molecule has 2 fully saturated rings. The minimum absolute atomic E-state index is 0.0479. The van der Waals surface area contributed by atoms with E-state index in [1.807, 2.05) is 0 Å². The lowest BCUT2D eigenvalue weighted by Crippen LogP contribution is -2.42. The highest BCUT2D eigenvalue weighted by atomic mass is 16.2. The largest absolute Gasteiger partial charge is 0.356 e. The second-order valence-electron chi connectivity index (χ2n) is 9.67. The van der Waals surface area contributed by atoms with Crippen LogP contribution in [0.3, 0.4) is 0 Å². The van der Waals surface area contributed by atoms with Gasteiger partial charge >= 0.3 is 0 Å². The molecule has 1 heterocycles. The molecule has 2 rings (SSSR count). The van der Waals surface area contributed by atoms with Crippen LogP contribution in [0.25, 0.3) is 0 Å². The van der Waals surface area contributed by atoms with E-state index < -0.39 is 12.0 Å². The predicted octanol–water partition coefficient (Wildman–Crippen LogP) is 3.11. The van der Waals surface area contributed by atoms with Gasteiger partial charge in [-0.15, -0.1) is 0 Å². The van der Waals surface area contributed by atoms with E-state index in [2.05, 4.69) is 37.5 Å². The number of ketones is 1. The van der Waals surface area contributed by atoms with Gasteiger partial charge in [0.05, 0.1) is 6.07 Å². The average Bonchev–Trinajstić information content (AvgIpc) is 3.04. The fourth-order valence-electron chi connectivity index (χ4n) is 4.42. The van der Waals surface area contributed by atoms with Crippen molar-refractivity contribution in [2.75, 3.05) is 6.54 Å². The Bertz CT molecular complexity index is 611. The Balaban J connectivity index is 1.99. The van der Waals surface area contributed by atoms with Crippen molar-refractivity contribution in [1.29, 1.82) is 5.26 Å². The minimum atomic E-state index is -0.700. The fraction of sp³-hybridized carbons (Fsp3) is 0.818. The van der Waals surface area contributed by atoms with E-state index in [0.29, 0.717) is 25.8 Å². The summed E-state index contributed by atoms with van der Waals surface area (Å²) < 4.78 is 0. The Labute approximate surface area is 168 Å². The Hall–Kier alpha value is -1.90. The van der Waals surface area contributed by atoms with Gasteiger partial charge in [-0.05, 0) is 37.5 Å². The van der Waals surface area contributed by atoms with Crippen LogP contribution in [-0.2, 0) is 14.4 Å². The molecular formula is C22H35N3O3. The number of hydrogen-bond donors (Lipinski definition) is 2. The number of rotatable bonds is 8. The maximum Gasteiger partial charge on any atom is 0.224 e. The van der Waals surface area contributed by atoms with Gasteiger partial charge in [0.25, 0.3) is 0 Å². The summed E-state index contributed by atoms with van der Waals surface area (Å²) in [6.07, 6.45) is 7.09. The second kappa shape index (κ2) is 10.0. The Morgan fingerprint density at radius 2 is 1.89 bits per heavy atom. The van der Waals surface area contributed by atoms with Gasteiger partial charge < -0.3 is 10.6 Å². The molecule has 0 aromatic carbocycles. The van der Waals surface area contributed by atoms with Gasteiger partial charge in [-0.25, -0.2) is 0 Å². The molecule has 0 bridgehead atoms. The van der Waals surface area contributed by atoms with Crippen molar-refractivity contribution in [3.05, 3.63) is 0 Å². The van der Waals surface area contributed by atoms with Crippen LogP contribution in [0.2, 0.25) is 0 Å². The number of amides is 2. The SMILES string of the molecule is CC(C)(C)C[C@H](CC(=O)C1CCCCC1)C(=O)N[C@@H](C#N)C[C@@H]1CCNC1=O. The number of nitrogens with one attached hydrogen (secondary N) is 2. The molecule has 0 aromatic heterocycles. The van der Waals surface area contributed by atoms with E-state index in [0.717, 1.165) is 25.7 Å². The van der Waals surface area contributed by atoms with E-state index in [4.69, 9.17) is 0 Å². The molecule has 156 valence electrons. The molecule has 2 aliphatic rings. The monoisotopic (exact) mass is 389 g/mol. The van der Waals surface area contributed by atoms with Crippen molar-refractivity contribution in [3.8, 4) is 6.07 Å². The number of Topliss-reactive ketones (excluding diaryl/α,β-unsaturated/α-hetero) is 1. The zero-order chi connectivity index (χ0) is 20.7. The number of carbonyl (C=O) groups is 3. The van der Waals surface area contributed by atoms with Crippen LogP contribution in [0.15, 0.2) is 0 Å². The summed E-state index contributed by atoms with van der Waals surface area (Å²) in [6, 6.07) is 1.42. The van der Waals surface area contributed by atoms with Crippen molar-refractivity contribution in [2.24, 2.45) is 23.2 Å². The molecular weight excluding hydrogens is 354 g/mol. The lowest BCUT2D eigenvalue weighted by molar-refractivity contribution is -0.132. The molecule has 1 aliphatic heterocycles. The van der Waals surface area contributed by atoms with Crippen molar-refractivity contribution in [3.63, 3.8) is 0 Å².